The fourth-order valence-corrected chi connectivity index (χ4v) is 5.00. The number of hydrogen-bond donors (Lipinski definition) is 2. The van der Waals surface area contributed by atoms with Gasteiger partial charge < -0.3 is 14.7 Å². The Balaban J connectivity index is 1.52. The number of benzene rings is 1. The Morgan fingerprint density at radius 3 is 2.42 bits per heavy atom. The van der Waals surface area contributed by atoms with E-state index < -0.39 is 29.3 Å². The predicted molar refractivity (Wildman–Crippen MR) is 152 cm³/mol. The van der Waals surface area contributed by atoms with Crippen LogP contribution >= 0.6 is 15.9 Å². The number of halogens is 1. The molecular weight excluding hydrogens is 582 g/mol. The normalized spacial score (nSPS) is 17.6. The zero-order valence-corrected chi connectivity index (χ0v) is 24.9. The van der Waals surface area contributed by atoms with Gasteiger partial charge in [0, 0.05) is 53.7 Å². The first-order valence-corrected chi connectivity index (χ1v) is 13.9. The molecule has 1 atom stereocenters. The summed E-state index contributed by atoms with van der Waals surface area (Å²) in [4.78, 5) is 58.4. The number of nitrogens with zero attached hydrogens (tertiary/aromatic N) is 4. The van der Waals surface area contributed by atoms with Gasteiger partial charge in [-0.15, -0.1) is 0 Å². The number of piperazine rings is 1. The van der Waals surface area contributed by atoms with Crippen molar-refractivity contribution < 1.29 is 29.0 Å². The zero-order valence-electron chi connectivity index (χ0n) is 23.3. The number of anilines is 1. The number of aliphatic carboxylic acids is 1. The molecule has 0 saturated carbocycles. The third kappa shape index (κ3) is 6.61. The molecule has 3 amide bonds. The van der Waals surface area contributed by atoms with Crippen LogP contribution in [-0.2, 0) is 25.7 Å². The first kappa shape index (κ1) is 29.5. The molecule has 0 spiro atoms. The number of rotatable bonds is 7. The molecule has 3 heterocycles. The van der Waals surface area contributed by atoms with Crippen LogP contribution in [0.4, 0.5) is 10.6 Å². The second kappa shape index (κ2) is 11.5. The van der Waals surface area contributed by atoms with E-state index in [4.69, 9.17) is 4.74 Å². The van der Waals surface area contributed by atoms with Crippen molar-refractivity contribution in [3.63, 3.8) is 0 Å². The smallest absolute Gasteiger partial charge is 0.410 e. The number of carboxylic acid groups (broad SMARTS) is 1. The standard InChI is InChI=1S/C28H34BrN5O6/c1-16(26(37)38)12-21-17(2)24(35)34(25(21)36)31-23-13-18(20-7-6-19(29)14-22(20)30-23)15-32-8-10-33(11-9-32)27(39)40-28(3,4)5/h6-7,13-14,16H,8-12,15H2,1-5H3,(H,30,31)(H,37,38). The van der Waals surface area contributed by atoms with E-state index in [0.29, 0.717) is 44.1 Å². The monoisotopic (exact) mass is 615 g/mol. The minimum Gasteiger partial charge on any atom is -0.481 e. The molecule has 1 aromatic heterocycles. The number of hydrazine groups is 1. The highest BCUT2D eigenvalue weighted by molar-refractivity contribution is 9.10. The van der Waals surface area contributed by atoms with E-state index in [1.807, 2.05) is 45.0 Å². The van der Waals surface area contributed by atoms with E-state index in [1.165, 1.54) is 13.8 Å². The summed E-state index contributed by atoms with van der Waals surface area (Å²) in [7, 11) is 0. The Labute approximate surface area is 241 Å². The number of amides is 3. The van der Waals surface area contributed by atoms with Crippen molar-refractivity contribution in [2.45, 2.75) is 53.2 Å². The molecule has 12 heteroatoms. The molecule has 1 fully saturated rings. The van der Waals surface area contributed by atoms with Crippen molar-refractivity contribution in [2.75, 3.05) is 31.6 Å². The second-order valence-electron chi connectivity index (χ2n) is 11.2. The van der Waals surface area contributed by atoms with Gasteiger partial charge in [-0.2, -0.15) is 5.01 Å². The number of hydrogen-bond acceptors (Lipinski definition) is 8. The van der Waals surface area contributed by atoms with Gasteiger partial charge in [0.05, 0.1) is 11.4 Å². The van der Waals surface area contributed by atoms with E-state index in [-0.39, 0.29) is 23.7 Å². The minimum absolute atomic E-state index is 0.0391. The summed E-state index contributed by atoms with van der Waals surface area (Å²) in [5.74, 6) is -2.64. The molecule has 1 saturated heterocycles. The van der Waals surface area contributed by atoms with Crippen LogP contribution in [0.2, 0.25) is 0 Å². The molecule has 214 valence electrons. The van der Waals surface area contributed by atoms with Crippen LogP contribution in [0.25, 0.3) is 10.9 Å². The van der Waals surface area contributed by atoms with Crippen LogP contribution in [0.5, 0.6) is 0 Å². The van der Waals surface area contributed by atoms with Gasteiger partial charge in [0.15, 0.2) is 0 Å². The van der Waals surface area contributed by atoms with Crippen molar-refractivity contribution >= 4 is 56.5 Å². The first-order valence-electron chi connectivity index (χ1n) is 13.1. The third-order valence-electron chi connectivity index (χ3n) is 6.87. The van der Waals surface area contributed by atoms with E-state index >= 15 is 0 Å². The highest BCUT2D eigenvalue weighted by Gasteiger charge is 2.38. The first-order chi connectivity index (χ1) is 18.7. The maximum atomic E-state index is 13.1. The fraction of sp³-hybridized carbons (Fsp3) is 0.464. The predicted octanol–water partition coefficient (Wildman–Crippen LogP) is 4.17. The molecule has 2 aromatic rings. The second-order valence-corrected chi connectivity index (χ2v) is 12.1. The van der Waals surface area contributed by atoms with Crippen LogP contribution in [0.1, 0.15) is 46.6 Å². The lowest BCUT2D eigenvalue weighted by molar-refractivity contribution is -0.141. The van der Waals surface area contributed by atoms with Crippen LogP contribution in [0.15, 0.2) is 39.9 Å². The molecule has 1 unspecified atom stereocenters. The number of aromatic nitrogens is 1. The van der Waals surface area contributed by atoms with E-state index in [2.05, 4.69) is 31.2 Å². The van der Waals surface area contributed by atoms with Gasteiger partial charge in [-0.1, -0.05) is 28.9 Å². The number of imide groups is 1. The van der Waals surface area contributed by atoms with Gasteiger partial charge in [-0.3, -0.25) is 24.7 Å². The molecule has 2 aliphatic heterocycles. The average molecular weight is 617 g/mol. The number of fused-ring (bicyclic) bond motifs is 1. The molecular formula is C28H34BrN5O6. The van der Waals surface area contributed by atoms with Crippen molar-refractivity contribution in [3.05, 3.63) is 45.4 Å². The van der Waals surface area contributed by atoms with Crippen molar-refractivity contribution in [1.29, 1.82) is 0 Å². The largest absolute Gasteiger partial charge is 0.481 e. The number of pyridine rings is 1. The molecule has 4 rings (SSSR count). The maximum Gasteiger partial charge on any atom is 0.410 e. The number of ether oxygens (including phenoxy) is 1. The molecule has 40 heavy (non-hydrogen) atoms. The molecule has 0 aliphatic carbocycles. The molecule has 1 aromatic carbocycles. The number of nitrogens with one attached hydrogen (secondary N) is 1. The summed E-state index contributed by atoms with van der Waals surface area (Å²) in [5.41, 5.74) is 4.32. The lowest BCUT2D eigenvalue weighted by Crippen LogP contribution is -2.49. The summed E-state index contributed by atoms with van der Waals surface area (Å²) in [6.07, 6.45) is -0.360. The summed E-state index contributed by atoms with van der Waals surface area (Å²) in [6.45, 7) is 11.5. The van der Waals surface area contributed by atoms with E-state index in [0.717, 1.165) is 20.4 Å². The zero-order chi connectivity index (χ0) is 29.4. The SMILES string of the molecule is CC1=C(CC(C)C(=O)O)C(=O)N(Nc2cc(CN3CCN(C(=O)OC(C)(C)C)CC3)c3ccc(Br)cc3n2)C1=O. The highest BCUT2D eigenvalue weighted by Crippen LogP contribution is 2.29. The summed E-state index contributed by atoms with van der Waals surface area (Å²) in [6, 6.07) is 7.56. The van der Waals surface area contributed by atoms with Crippen LogP contribution in [0, 0.1) is 5.92 Å². The van der Waals surface area contributed by atoms with Crippen LogP contribution < -0.4 is 5.43 Å². The van der Waals surface area contributed by atoms with Gasteiger partial charge >= 0.3 is 12.1 Å². The Hall–Kier alpha value is -3.51. The van der Waals surface area contributed by atoms with Gasteiger partial charge in [0.1, 0.15) is 11.4 Å². The van der Waals surface area contributed by atoms with Gasteiger partial charge in [-0.05, 0) is 57.9 Å². The minimum atomic E-state index is -1.04. The molecule has 0 bridgehead atoms. The number of carbonyl (C=O) groups excluding carboxylic acids is 3. The van der Waals surface area contributed by atoms with Crippen LogP contribution in [-0.4, -0.2) is 80.6 Å². The quantitative estimate of drug-likeness (QED) is 0.440. The topological polar surface area (TPSA) is 132 Å². The van der Waals surface area contributed by atoms with E-state index in [1.54, 1.807) is 4.90 Å². The lowest BCUT2D eigenvalue weighted by Gasteiger charge is -2.35. The van der Waals surface area contributed by atoms with Crippen LogP contribution in [0.3, 0.4) is 0 Å². The Bertz CT molecular complexity index is 1390. The average Bonchev–Trinajstić information content (AvgIpc) is 3.06. The van der Waals surface area contributed by atoms with Crippen molar-refractivity contribution in [3.8, 4) is 0 Å². The Kier molecular flexibility index (Phi) is 8.50. The third-order valence-corrected chi connectivity index (χ3v) is 7.36. The summed E-state index contributed by atoms with van der Waals surface area (Å²) < 4.78 is 6.33. The fourth-order valence-electron chi connectivity index (χ4n) is 4.65. The van der Waals surface area contributed by atoms with Gasteiger partial charge in [0.2, 0.25) is 0 Å². The lowest BCUT2D eigenvalue weighted by atomic mass is 9.99. The molecule has 11 nitrogen and oxygen atoms in total. The molecule has 2 aliphatic rings. The summed E-state index contributed by atoms with van der Waals surface area (Å²) >= 11 is 3.48. The molecule has 2 N–H and O–H groups in total. The number of carboxylic acids is 1. The number of carbonyl (C=O) groups is 4. The van der Waals surface area contributed by atoms with Gasteiger partial charge in [-0.25, -0.2) is 9.78 Å². The Morgan fingerprint density at radius 2 is 1.80 bits per heavy atom. The van der Waals surface area contributed by atoms with E-state index in [9.17, 15) is 24.3 Å². The highest BCUT2D eigenvalue weighted by atomic mass is 79.9. The van der Waals surface area contributed by atoms with Crippen molar-refractivity contribution in [2.24, 2.45) is 5.92 Å². The van der Waals surface area contributed by atoms with Crippen molar-refractivity contribution in [1.82, 2.24) is 19.8 Å². The Morgan fingerprint density at radius 1 is 1.12 bits per heavy atom. The molecule has 0 radical (unpaired) electrons. The maximum absolute atomic E-state index is 13.1. The summed E-state index contributed by atoms with van der Waals surface area (Å²) in [5, 5.41) is 11.1. The van der Waals surface area contributed by atoms with Gasteiger partial charge in [0.25, 0.3) is 11.8 Å².